The van der Waals surface area contributed by atoms with Gasteiger partial charge in [-0.15, -0.1) is 0 Å². The lowest BCUT2D eigenvalue weighted by Crippen LogP contribution is -1.97. The average molecular weight is 506 g/mol. The molecule has 1 heterocycles. The Morgan fingerprint density at radius 3 is 1.41 bits per heavy atom. The largest absolute Gasteiger partial charge is 0.386 e. The molecule has 0 N–H and O–H groups in total. The predicted molar refractivity (Wildman–Crippen MR) is 122 cm³/mol. The Morgan fingerprint density at radius 1 is 0.552 bits per heavy atom. The van der Waals surface area contributed by atoms with E-state index < -0.39 is 11.9 Å². The van der Waals surface area contributed by atoms with E-state index in [4.69, 9.17) is 4.74 Å². The third kappa shape index (κ3) is 2.28. The lowest BCUT2D eigenvalue weighted by atomic mass is 9.87. The van der Waals surface area contributed by atoms with Crippen LogP contribution in [0.25, 0.3) is 43.1 Å². The molecular formula is C24H10Br2O3. The lowest BCUT2D eigenvalue weighted by molar-refractivity contribution is 0.0445. The second kappa shape index (κ2) is 5.88. The Labute approximate surface area is 181 Å². The summed E-state index contributed by atoms with van der Waals surface area (Å²) in [4.78, 5) is 25.2. The van der Waals surface area contributed by atoms with Crippen molar-refractivity contribution in [1.82, 2.24) is 0 Å². The molecule has 0 radical (unpaired) electrons. The van der Waals surface area contributed by atoms with E-state index in [0.717, 1.165) is 52.0 Å². The first-order chi connectivity index (χ1) is 14.0. The van der Waals surface area contributed by atoms with E-state index in [1.54, 1.807) is 0 Å². The number of carbonyl (C=O) groups is 2. The van der Waals surface area contributed by atoms with Crippen molar-refractivity contribution >= 4 is 86.9 Å². The van der Waals surface area contributed by atoms with Crippen molar-refractivity contribution in [3.8, 4) is 0 Å². The van der Waals surface area contributed by atoms with Gasteiger partial charge in [-0.25, -0.2) is 9.59 Å². The van der Waals surface area contributed by atoms with Gasteiger partial charge in [-0.3, -0.25) is 0 Å². The maximum absolute atomic E-state index is 12.6. The number of esters is 2. The van der Waals surface area contributed by atoms with Crippen LogP contribution < -0.4 is 0 Å². The summed E-state index contributed by atoms with van der Waals surface area (Å²) in [6.45, 7) is 0. The third-order valence-electron chi connectivity index (χ3n) is 5.60. The Balaban J connectivity index is 2.04. The van der Waals surface area contributed by atoms with Gasteiger partial charge in [0, 0.05) is 8.95 Å². The van der Waals surface area contributed by atoms with Crippen molar-refractivity contribution in [1.29, 1.82) is 0 Å². The summed E-state index contributed by atoms with van der Waals surface area (Å²) in [7, 11) is 0. The minimum atomic E-state index is -0.583. The van der Waals surface area contributed by atoms with Crippen LogP contribution in [0.1, 0.15) is 20.7 Å². The van der Waals surface area contributed by atoms with E-state index in [-0.39, 0.29) is 0 Å². The number of benzene rings is 5. The van der Waals surface area contributed by atoms with Gasteiger partial charge in [0.05, 0.1) is 11.1 Å². The number of hydrogen-bond donors (Lipinski definition) is 0. The highest BCUT2D eigenvalue weighted by Gasteiger charge is 2.35. The van der Waals surface area contributed by atoms with Crippen LogP contribution in [-0.2, 0) is 4.74 Å². The molecule has 138 valence electrons. The van der Waals surface area contributed by atoms with E-state index in [2.05, 4.69) is 44.0 Å². The molecule has 0 aliphatic carbocycles. The fourth-order valence-corrected chi connectivity index (χ4v) is 5.14. The molecule has 5 aromatic rings. The van der Waals surface area contributed by atoms with Gasteiger partial charge in [0.1, 0.15) is 0 Å². The smallest absolute Gasteiger partial charge is 0.347 e. The van der Waals surface area contributed by atoms with E-state index in [9.17, 15) is 9.59 Å². The Bertz CT molecular complexity index is 1470. The fraction of sp³-hybridized carbons (Fsp3) is 0. The summed E-state index contributed by atoms with van der Waals surface area (Å²) in [6.07, 6.45) is 0. The molecular weight excluding hydrogens is 496 g/mol. The van der Waals surface area contributed by atoms with Gasteiger partial charge in [-0.05, 0) is 67.4 Å². The van der Waals surface area contributed by atoms with Crippen LogP contribution in [0.5, 0.6) is 0 Å². The Hall–Kier alpha value is -2.76. The van der Waals surface area contributed by atoms with Crippen LogP contribution in [-0.4, -0.2) is 11.9 Å². The van der Waals surface area contributed by atoms with Crippen LogP contribution in [0.2, 0.25) is 0 Å². The highest BCUT2D eigenvalue weighted by molar-refractivity contribution is 9.10. The SMILES string of the molecule is O=C1OC(=O)c2c1c1ccc3ccc(Br)cc3c1c1c2ccc2ccc(Br)cc21. The first kappa shape index (κ1) is 17.1. The van der Waals surface area contributed by atoms with Gasteiger partial charge in [-0.1, -0.05) is 68.3 Å². The molecule has 1 aliphatic heterocycles. The molecule has 0 aromatic heterocycles. The normalized spacial score (nSPS) is 13.6. The molecule has 0 amide bonds. The second-order valence-electron chi connectivity index (χ2n) is 7.13. The van der Waals surface area contributed by atoms with E-state index in [0.29, 0.717) is 11.1 Å². The van der Waals surface area contributed by atoms with Crippen LogP contribution in [0.4, 0.5) is 0 Å². The Morgan fingerprint density at radius 2 is 0.966 bits per heavy atom. The zero-order valence-corrected chi connectivity index (χ0v) is 17.9. The summed E-state index contributed by atoms with van der Waals surface area (Å²) < 4.78 is 6.92. The first-order valence-corrected chi connectivity index (χ1v) is 10.6. The molecule has 0 saturated carbocycles. The van der Waals surface area contributed by atoms with Crippen molar-refractivity contribution in [2.45, 2.75) is 0 Å². The minimum absolute atomic E-state index is 0.355. The standard InChI is InChI=1S/C24H10Br2O3/c25-13-5-1-11-3-7-15-19(17(11)9-13)20-16(22-21(15)23(27)29-24(22)28)8-4-12-2-6-14(26)10-18(12)20/h1-10H. The summed E-state index contributed by atoms with van der Waals surface area (Å²) in [5.74, 6) is -1.17. The van der Waals surface area contributed by atoms with Gasteiger partial charge in [0.25, 0.3) is 0 Å². The minimum Gasteiger partial charge on any atom is -0.386 e. The monoisotopic (exact) mass is 504 g/mol. The average Bonchev–Trinajstić information content (AvgIpc) is 3.01. The van der Waals surface area contributed by atoms with E-state index >= 15 is 0 Å². The second-order valence-corrected chi connectivity index (χ2v) is 8.97. The van der Waals surface area contributed by atoms with E-state index in [1.165, 1.54) is 0 Å². The highest BCUT2D eigenvalue weighted by Crippen LogP contribution is 2.43. The number of carbonyl (C=O) groups excluding carboxylic acids is 2. The maximum atomic E-state index is 12.6. The molecule has 1 aliphatic rings. The van der Waals surface area contributed by atoms with Gasteiger partial charge < -0.3 is 4.74 Å². The molecule has 3 nitrogen and oxygen atoms in total. The van der Waals surface area contributed by atoms with Crippen LogP contribution in [0.3, 0.4) is 0 Å². The fourth-order valence-electron chi connectivity index (χ4n) is 4.42. The number of ether oxygens (including phenoxy) is 1. The predicted octanol–water partition coefficient (Wildman–Crippen LogP) is 7.14. The molecule has 5 aromatic carbocycles. The molecule has 0 saturated heterocycles. The van der Waals surface area contributed by atoms with Crippen molar-refractivity contribution in [3.05, 3.63) is 80.7 Å². The van der Waals surface area contributed by atoms with Crippen molar-refractivity contribution in [3.63, 3.8) is 0 Å². The van der Waals surface area contributed by atoms with E-state index in [1.807, 2.05) is 48.5 Å². The van der Waals surface area contributed by atoms with Gasteiger partial charge in [0.15, 0.2) is 0 Å². The number of halogens is 2. The number of hydrogen-bond acceptors (Lipinski definition) is 3. The summed E-state index contributed by atoms with van der Waals surface area (Å²) in [5.41, 5.74) is 0.711. The van der Waals surface area contributed by atoms with Crippen LogP contribution >= 0.6 is 31.9 Å². The van der Waals surface area contributed by atoms with Crippen LogP contribution in [0.15, 0.2) is 69.6 Å². The first-order valence-electron chi connectivity index (χ1n) is 8.99. The molecule has 0 bridgehead atoms. The zero-order valence-electron chi connectivity index (χ0n) is 14.8. The molecule has 6 rings (SSSR count). The zero-order chi connectivity index (χ0) is 19.9. The highest BCUT2D eigenvalue weighted by atomic mass is 79.9. The van der Waals surface area contributed by atoms with Crippen molar-refractivity contribution < 1.29 is 14.3 Å². The summed E-state index contributed by atoms with van der Waals surface area (Å²) in [6, 6.07) is 20.0. The molecule has 5 heteroatoms. The molecule has 0 unspecified atom stereocenters. The van der Waals surface area contributed by atoms with Crippen molar-refractivity contribution in [2.24, 2.45) is 0 Å². The lowest BCUT2D eigenvalue weighted by Gasteiger charge is -2.14. The van der Waals surface area contributed by atoms with Gasteiger partial charge in [0.2, 0.25) is 0 Å². The summed E-state index contributed by atoms with van der Waals surface area (Å²) >= 11 is 7.15. The molecule has 0 atom stereocenters. The molecule has 0 fully saturated rings. The topological polar surface area (TPSA) is 43.4 Å². The maximum Gasteiger partial charge on any atom is 0.347 e. The number of rotatable bonds is 0. The van der Waals surface area contributed by atoms with Crippen molar-refractivity contribution in [2.75, 3.05) is 0 Å². The third-order valence-corrected chi connectivity index (χ3v) is 6.59. The molecule has 0 spiro atoms. The quantitative estimate of drug-likeness (QED) is 0.128. The number of cyclic esters (lactones) is 2. The molecule has 29 heavy (non-hydrogen) atoms. The van der Waals surface area contributed by atoms with Gasteiger partial charge >= 0.3 is 11.9 Å². The van der Waals surface area contributed by atoms with Crippen LogP contribution in [0, 0.1) is 0 Å². The number of fused-ring (bicyclic) bond motifs is 10. The Kier molecular flexibility index (Phi) is 3.47. The summed E-state index contributed by atoms with van der Waals surface area (Å²) in [5, 5.41) is 7.54. The van der Waals surface area contributed by atoms with Gasteiger partial charge in [-0.2, -0.15) is 0 Å².